The Kier molecular flexibility index (Phi) is 24.7. The second-order valence-corrected chi connectivity index (χ2v) is 22.6. The minimum atomic E-state index is 0. The van der Waals surface area contributed by atoms with E-state index in [1.165, 1.54) is 127 Å². The van der Waals surface area contributed by atoms with Crippen molar-refractivity contribution in [3.8, 4) is 44.5 Å². The standard InChI is InChI=1S/2C17H14.2C13H12.2C11H10.C7H8.CH4/c1-13-9-11-15(12-10-13)17-8-4-6-14-5-2-3-7-16(14)17;1-13-6-8-15(9-7-13)17-11-10-14-4-2-3-5-16(14)12-17;1-11-6-5-9-13(10-11)12-7-3-2-4-8-12;1-11-7-9-13(10-8-11)12-5-3-2-4-6-12;1-9-5-4-7-10-6-2-3-8-11(9)10;1-9-6-7-10-4-2-3-5-11(10)8-9;1-7-5-3-2-4-6-7;/h2*2-12H,1H3;2*2-10H,1H3;2*2-8H,1H3;2-6H,1H3;1H4. The molecule has 0 saturated carbocycles. The van der Waals surface area contributed by atoms with Gasteiger partial charge in [0.2, 0.25) is 0 Å². The minimum Gasteiger partial charge on any atom is -0.0776 e. The van der Waals surface area contributed by atoms with Gasteiger partial charge in [-0.05, 0) is 148 Å². The summed E-state index contributed by atoms with van der Waals surface area (Å²) in [6.45, 7) is 14.8. The Hall–Kier alpha value is -10.7. The summed E-state index contributed by atoms with van der Waals surface area (Å²) in [5.41, 5.74) is 19.5. The maximum atomic E-state index is 2.25. The molecular formula is C90H84. The van der Waals surface area contributed by atoms with Gasteiger partial charge < -0.3 is 0 Å². The molecule has 15 aromatic rings. The van der Waals surface area contributed by atoms with Crippen LogP contribution in [0.25, 0.3) is 87.6 Å². The molecule has 0 aromatic heterocycles. The van der Waals surface area contributed by atoms with Crippen molar-refractivity contribution in [1.29, 1.82) is 0 Å². The van der Waals surface area contributed by atoms with Crippen molar-refractivity contribution < 1.29 is 0 Å². The first kappa shape index (κ1) is 65.3. The predicted molar refractivity (Wildman–Crippen MR) is 397 cm³/mol. The number of hydrogen-bond acceptors (Lipinski definition) is 0. The molecule has 0 amide bonds. The lowest BCUT2D eigenvalue weighted by Crippen LogP contribution is -1.81. The molecule has 0 bridgehead atoms. The number of rotatable bonds is 4. The fourth-order valence-corrected chi connectivity index (χ4v) is 10.4. The SMILES string of the molecule is C.Cc1ccc(-c2ccc3ccccc3c2)cc1.Cc1ccc(-c2cccc3ccccc23)cc1.Cc1ccc(-c2ccccc2)cc1.Cc1ccc2ccccc2c1.Cc1cccc(-c2ccccc2)c1.Cc1cccc2ccccc12.Cc1ccccc1. The molecule has 0 fully saturated rings. The lowest BCUT2D eigenvalue weighted by Gasteiger charge is -2.07. The van der Waals surface area contributed by atoms with Crippen LogP contribution in [0.5, 0.6) is 0 Å². The highest BCUT2D eigenvalue weighted by Crippen LogP contribution is 2.29. The van der Waals surface area contributed by atoms with Gasteiger partial charge in [0.1, 0.15) is 0 Å². The van der Waals surface area contributed by atoms with Crippen LogP contribution in [0, 0.1) is 48.5 Å². The molecular weight excluding hydrogens is 1080 g/mol. The van der Waals surface area contributed by atoms with Crippen LogP contribution in [-0.2, 0) is 0 Å². The van der Waals surface area contributed by atoms with E-state index in [4.69, 9.17) is 0 Å². The Balaban J connectivity index is 0.000000137. The molecule has 0 heterocycles. The third kappa shape index (κ3) is 19.7. The highest BCUT2D eigenvalue weighted by Gasteiger charge is 2.04. The molecule has 0 N–H and O–H groups in total. The molecule has 0 aliphatic heterocycles. The lowest BCUT2D eigenvalue weighted by atomic mass is 9.98. The van der Waals surface area contributed by atoms with Crippen LogP contribution >= 0.6 is 0 Å². The van der Waals surface area contributed by atoms with Gasteiger partial charge in [0.25, 0.3) is 0 Å². The topological polar surface area (TPSA) is 0 Å². The van der Waals surface area contributed by atoms with Gasteiger partial charge in [-0.25, -0.2) is 0 Å². The van der Waals surface area contributed by atoms with Crippen LogP contribution in [0.4, 0.5) is 0 Å². The van der Waals surface area contributed by atoms with Gasteiger partial charge in [-0.15, -0.1) is 0 Å². The summed E-state index contributed by atoms with van der Waals surface area (Å²) in [7, 11) is 0. The first-order valence-corrected chi connectivity index (χ1v) is 30.8. The van der Waals surface area contributed by atoms with Gasteiger partial charge in [0, 0.05) is 0 Å². The summed E-state index contributed by atoms with van der Waals surface area (Å²) in [4.78, 5) is 0. The van der Waals surface area contributed by atoms with Gasteiger partial charge in [-0.2, -0.15) is 0 Å². The maximum absolute atomic E-state index is 2.25. The van der Waals surface area contributed by atoms with E-state index in [1.54, 1.807) is 0 Å². The molecule has 0 nitrogen and oxygen atoms in total. The third-order valence-electron chi connectivity index (χ3n) is 15.4. The van der Waals surface area contributed by atoms with Crippen LogP contribution in [0.3, 0.4) is 0 Å². The fraction of sp³-hybridized carbons (Fsp3) is 0.0889. The maximum Gasteiger partial charge on any atom is -0.0105 e. The third-order valence-corrected chi connectivity index (χ3v) is 15.4. The molecule has 0 unspecified atom stereocenters. The second kappa shape index (κ2) is 34.0. The molecule has 0 aliphatic carbocycles. The molecule has 15 rings (SSSR count). The average Bonchev–Trinajstić information content (AvgIpc) is 2.02. The lowest BCUT2D eigenvalue weighted by molar-refractivity contribution is 1.47. The summed E-state index contributed by atoms with van der Waals surface area (Å²) in [6, 6.07) is 126. The van der Waals surface area contributed by atoms with E-state index in [2.05, 4.69) is 376 Å². The largest absolute Gasteiger partial charge is 0.0776 e. The van der Waals surface area contributed by atoms with Crippen molar-refractivity contribution in [2.24, 2.45) is 0 Å². The smallest absolute Gasteiger partial charge is 0.0105 e. The summed E-state index contributed by atoms with van der Waals surface area (Å²) in [6.07, 6.45) is 0. The van der Waals surface area contributed by atoms with E-state index in [-0.39, 0.29) is 7.43 Å². The van der Waals surface area contributed by atoms with Crippen LogP contribution < -0.4 is 0 Å². The van der Waals surface area contributed by atoms with Gasteiger partial charge in [-0.1, -0.05) is 393 Å². The monoisotopic (exact) mass is 1160 g/mol. The Labute approximate surface area is 537 Å². The van der Waals surface area contributed by atoms with Gasteiger partial charge in [-0.3, -0.25) is 0 Å². The first-order valence-electron chi connectivity index (χ1n) is 30.8. The minimum absolute atomic E-state index is 0. The fourth-order valence-electron chi connectivity index (χ4n) is 10.4. The molecule has 0 radical (unpaired) electrons. The molecule has 0 spiro atoms. The zero-order chi connectivity index (χ0) is 62.0. The van der Waals surface area contributed by atoms with Gasteiger partial charge in [0.05, 0.1) is 0 Å². The second-order valence-electron chi connectivity index (χ2n) is 22.6. The van der Waals surface area contributed by atoms with Crippen molar-refractivity contribution in [1.82, 2.24) is 0 Å². The highest BCUT2D eigenvalue weighted by atomic mass is 14.1. The summed E-state index contributed by atoms with van der Waals surface area (Å²) < 4.78 is 0. The van der Waals surface area contributed by atoms with Crippen molar-refractivity contribution in [2.45, 2.75) is 55.9 Å². The number of fused-ring (bicyclic) bond motifs is 4. The van der Waals surface area contributed by atoms with E-state index in [1.807, 2.05) is 30.3 Å². The molecule has 0 saturated heterocycles. The van der Waals surface area contributed by atoms with Gasteiger partial charge in [0.15, 0.2) is 0 Å². The summed E-state index contributed by atoms with van der Waals surface area (Å²) >= 11 is 0. The Bertz CT molecular complexity index is 4540. The predicted octanol–water partition coefficient (Wildman–Crippen LogP) is 25.9. The normalized spacial score (nSPS) is 10.1. The average molecular weight is 1170 g/mol. The first-order chi connectivity index (χ1) is 43.5. The Morgan fingerprint density at radius 1 is 0.156 bits per heavy atom. The zero-order valence-corrected chi connectivity index (χ0v) is 52.6. The van der Waals surface area contributed by atoms with E-state index < -0.39 is 0 Å². The van der Waals surface area contributed by atoms with Gasteiger partial charge >= 0.3 is 0 Å². The molecule has 90 heavy (non-hydrogen) atoms. The number of benzene rings is 15. The summed E-state index contributed by atoms with van der Waals surface area (Å²) in [5, 5.41) is 10.5. The van der Waals surface area contributed by atoms with Crippen molar-refractivity contribution >= 4 is 43.1 Å². The van der Waals surface area contributed by atoms with E-state index in [0.29, 0.717) is 0 Å². The van der Waals surface area contributed by atoms with Crippen molar-refractivity contribution in [3.05, 3.63) is 397 Å². The molecule has 0 heteroatoms. The van der Waals surface area contributed by atoms with Crippen LogP contribution in [0.15, 0.2) is 358 Å². The van der Waals surface area contributed by atoms with E-state index >= 15 is 0 Å². The van der Waals surface area contributed by atoms with Crippen molar-refractivity contribution in [3.63, 3.8) is 0 Å². The van der Waals surface area contributed by atoms with E-state index in [0.717, 1.165) is 0 Å². The highest BCUT2D eigenvalue weighted by molar-refractivity contribution is 5.96. The number of hydrogen-bond donors (Lipinski definition) is 0. The quantitative estimate of drug-likeness (QED) is 0.165. The molecule has 15 aromatic carbocycles. The van der Waals surface area contributed by atoms with Crippen LogP contribution in [0.2, 0.25) is 0 Å². The molecule has 0 aliphatic rings. The molecule has 0 atom stereocenters. The Morgan fingerprint density at radius 3 is 0.967 bits per heavy atom. The zero-order valence-electron chi connectivity index (χ0n) is 52.6. The summed E-state index contributed by atoms with van der Waals surface area (Å²) in [5.74, 6) is 0. The van der Waals surface area contributed by atoms with E-state index in [9.17, 15) is 0 Å². The van der Waals surface area contributed by atoms with Crippen LogP contribution in [-0.4, -0.2) is 0 Å². The number of aryl methyl sites for hydroxylation is 7. The van der Waals surface area contributed by atoms with Crippen LogP contribution in [0.1, 0.15) is 46.4 Å². The van der Waals surface area contributed by atoms with Crippen molar-refractivity contribution in [2.75, 3.05) is 0 Å². The molecule has 444 valence electrons. The Morgan fingerprint density at radius 2 is 0.456 bits per heavy atom.